The molecule has 0 aromatic heterocycles. The molecule has 0 spiro atoms. The summed E-state index contributed by atoms with van der Waals surface area (Å²) in [7, 11) is 0. The highest BCUT2D eigenvalue weighted by atomic mass is 19.4. The van der Waals surface area contributed by atoms with E-state index < -0.39 is 24.9 Å². The Labute approximate surface area is 82.7 Å². The van der Waals surface area contributed by atoms with Crippen molar-refractivity contribution in [3.63, 3.8) is 0 Å². The van der Waals surface area contributed by atoms with Crippen LogP contribution in [0.25, 0.3) is 0 Å². The fourth-order valence-corrected chi connectivity index (χ4v) is 1.25. The third kappa shape index (κ3) is 5.44. The van der Waals surface area contributed by atoms with Crippen LogP contribution in [0, 0.1) is 0 Å². The van der Waals surface area contributed by atoms with Crippen molar-refractivity contribution < 1.29 is 18.3 Å². The second-order valence-corrected chi connectivity index (χ2v) is 3.57. The monoisotopic (exact) mass is 213 g/mol. The summed E-state index contributed by atoms with van der Waals surface area (Å²) < 4.78 is 36.4. The highest BCUT2D eigenvalue weighted by Gasteiger charge is 2.33. The fourth-order valence-electron chi connectivity index (χ4n) is 1.25. The van der Waals surface area contributed by atoms with Crippen molar-refractivity contribution in [3.05, 3.63) is 0 Å². The molecule has 2 atom stereocenters. The van der Waals surface area contributed by atoms with Crippen molar-refractivity contribution in [3.8, 4) is 0 Å². The van der Waals surface area contributed by atoms with Gasteiger partial charge in [-0.15, -0.1) is 0 Å². The molecule has 0 aromatic carbocycles. The fraction of sp³-hybridized carbons (Fsp3) is 1.00. The van der Waals surface area contributed by atoms with E-state index >= 15 is 0 Å². The van der Waals surface area contributed by atoms with Crippen molar-refractivity contribution in [2.45, 2.75) is 45.5 Å². The van der Waals surface area contributed by atoms with E-state index in [9.17, 15) is 18.3 Å². The normalized spacial score (nSPS) is 17.1. The number of aliphatic hydroxyl groups excluding tert-OH is 1. The first-order valence-electron chi connectivity index (χ1n) is 4.76. The van der Waals surface area contributed by atoms with E-state index in [1.165, 1.54) is 11.8 Å². The molecule has 0 heterocycles. The molecule has 0 saturated heterocycles. The number of rotatable bonds is 5. The molecule has 0 aliphatic carbocycles. The highest BCUT2D eigenvalue weighted by Crippen LogP contribution is 2.19. The lowest BCUT2D eigenvalue weighted by molar-refractivity contribution is -0.154. The standard InChI is InChI=1S/C9H18F3NO/c1-4-5-13(6-9(10,11)12)7(2)8(3)14/h7-8,14H,4-6H2,1-3H3. The number of nitrogens with zero attached hydrogens (tertiary/aromatic N) is 1. The molecule has 0 rings (SSSR count). The zero-order valence-electron chi connectivity index (χ0n) is 8.80. The van der Waals surface area contributed by atoms with Crippen LogP contribution in [0.2, 0.25) is 0 Å². The van der Waals surface area contributed by atoms with Gasteiger partial charge in [0.2, 0.25) is 0 Å². The number of alkyl halides is 3. The van der Waals surface area contributed by atoms with Crippen molar-refractivity contribution in [1.29, 1.82) is 0 Å². The van der Waals surface area contributed by atoms with Gasteiger partial charge < -0.3 is 5.11 Å². The number of aliphatic hydroxyl groups is 1. The van der Waals surface area contributed by atoms with Gasteiger partial charge in [-0.25, -0.2) is 0 Å². The number of hydrogen-bond donors (Lipinski definition) is 1. The van der Waals surface area contributed by atoms with Crippen LogP contribution in [0.15, 0.2) is 0 Å². The second kappa shape index (κ2) is 5.56. The third-order valence-corrected chi connectivity index (χ3v) is 2.17. The minimum absolute atomic E-state index is 0.353. The van der Waals surface area contributed by atoms with Gasteiger partial charge in [0.15, 0.2) is 0 Å². The summed E-state index contributed by atoms with van der Waals surface area (Å²) >= 11 is 0. The molecule has 0 saturated carbocycles. The Hall–Kier alpha value is -0.290. The average molecular weight is 213 g/mol. The first-order valence-corrected chi connectivity index (χ1v) is 4.76. The highest BCUT2D eigenvalue weighted by molar-refractivity contribution is 4.74. The molecule has 1 N–H and O–H groups in total. The molecule has 0 bridgehead atoms. The largest absolute Gasteiger partial charge is 0.401 e. The lowest BCUT2D eigenvalue weighted by Gasteiger charge is -2.31. The van der Waals surface area contributed by atoms with Gasteiger partial charge in [0.05, 0.1) is 12.6 Å². The molecule has 2 nitrogen and oxygen atoms in total. The molecular weight excluding hydrogens is 195 g/mol. The summed E-state index contributed by atoms with van der Waals surface area (Å²) in [4.78, 5) is 1.25. The Morgan fingerprint density at radius 2 is 1.79 bits per heavy atom. The van der Waals surface area contributed by atoms with E-state index in [1.54, 1.807) is 6.92 Å². The van der Waals surface area contributed by atoms with E-state index in [1.807, 2.05) is 6.92 Å². The van der Waals surface area contributed by atoms with Gasteiger partial charge in [-0.05, 0) is 26.8 Å². The Morgan fingerprint density at radius 3 is 2.07 bits per heavy atom. The quantitative estimate of drug-likeness (QED) is 0.755. The summed E-state index contributed by atoms with van der Waals surface area (Å²) in [6.07, 6.45) is -4.30. The molecule has 86 valence electrons. The van der Waals surface area contributed by atoms with Crippen LogP contribution in [0.3, 0.4) is 0 Å². The Morgan fingerprint density at radius 1 is 1.29 bits per heavy atom. The van der Waals surface area contributed by atoms with E-state index in [0.717, 1.165) is 0 Å². The van der Waals surface area contributed by atoms with Gasteiger partial charge in [0.25, 0.3) is 0 Å². The average Bonchev–Trinajstić information content (AvgIpc) is 1.99. The van der Waals surface area contributed by atoms with Crippen LogP contribution in [0.5, 0.6) is 0 Å². The molecular formula is C9H18F3NO. The molecule has 0 aromatic rings. The van der Waals surface area contributed by atoms with Gasteiger partial charge in [-0.2, -0.15) is 13.2 Å². The Kier molecular flexibility index (Phi) is 5.44. The van der Waals surface area contributed by atoms with Gasteiger partial charge >= 0.3 is 6.18 Å². The van der Waals surface area contributed by atoms with Crippen molar-refractivity contribution in [2.24, 2.45) is 0 Å². The molecule has 5 heteroatoms. The van der Waals surface area contributed by atoms with Gasteiger partial charge in [0.1, 0.15) is 0 Å². The Bertz CT molecular complexity index is 159. The lowest BCUT2D eigenvalue weighted by Crippen LogP contribution is -2.45. The molecule has 14 heavy (non-hydrogen) atoms. The molecule has 0 fully saturated rings. The SMILES string of the molecule is CCCN(CC(F)(F)F)C(C)C(C)O. The maximum absolute atomic E-state index is 12.1. The maximum Gasteiger partial charge on any atom is 0.401 e. The van der Waals surface area contributed by atoms with E-state index in [-0.39, 0.29) is 0 Å². The van der Waals surface area contributed by atoms with Crippen molar-refractivity contribution >= 4 is 0 Å². The second-order valence-electron chi connectivity index (χ2n) is 3.57. The van der Waals surface area contributed by atoms with E-state index in [4.69, 9.17) is 0 Å². The first kappa shape index (κ1) is 13.7. The predicted molar refractivity (Wildman–Crippen MR) is 49.1 cm³/mol. The number of halogens is 3. The molecule has 2 unspecified atom stereocenters. The van der Waals surface area contributed by atoms with Crippen molar-refractivity contribution in [1.82, 2.24) is 4.90 Å². The minimum Gasteiger partial charge on any atom is -0.392 e. The predicted octanol–water partition coefficient (Wildman–Crippen LogP) is 2.03. The summed E-state index contributed by atoms with van der Waals surface area (Å²) in [5, 5.41) is 9.21. The molecule has 0 radical (unpaired) electrons. The minimum atomic E-state index is -4.20. The summed E-state index contributed by atoms with van der Waals surface area (Å²) in [5.41, 5.74) is 0. The summed E-state index contributed by atoms with van der Waals surface area (Å²) in [5.74, 6) is 0. The van der Waals surface area contributed by atoms with Gasteiger partial charge in [-0.1, -0.05) is 6.92 Å². The topological polar surface area (TPSA) is 23.5 Å². The van der Waals surface area contributed by atoms with Crippen LogP contribution in [0.1, 0.15) is 27.2 Å². The van der Waals surface area contributed by atoms with E-state index in [2.05, 4.69) is 0 Å². The van der Waals surface area contributed by atoms with Crippen molar-refractivity contribution in [2.75, 3.05) is 13.1 Å². The van der Waals surface area contributed by atoms with Crippen LogP contribution < -0.4 is 0 Å². The zero-order valence-corrected chi connectivity index (χ0v) is 8.80. The number of hydrogen-bond acceptors (Lipinski definition) is 2. The first-order chi connectivity index (χ1) is 6.28. The lowest BCUT2D eigenvalue weighted by atomic mass is 10.1. The molecule has 0 amide bonds. The third-order valence-electron chi connectivity index (χ3n) is 2.17. The Balaban J connectivity index is 4.28. The van der Waals surface area contributed by atoms with E-state index in [0.29, 0.717) is 13.0 Å². The van der Waals surface area contributed by atoms with Crippen LogP contribution in [-0.4, -0.2) is 41.4 Å². The van der Waals surface area contributed by atoms with Crippen LogP contribution >= 0.6 is 0 Å². The van der Waals surface area contributed by atoms with Gasteiger partial charge in [-0.3, -0.25) is 4.90 Å². The van der Waals surface area contributed by atoms with Gasteiger partial charge in [0, 0.05) is 6.04 Å². The molecule has 0 aliphatic heterocycles. The zero-order chi connectivity index (χ0) is 11.4. The summed E-state index contributed by atoms with van der Waals surface area (Å²) in [6, 6.07) is -0.462. The van der Waals surface area contributed by atoms with Crippen LogP contribution in [0.4, 0.5) is 13.2 Å². The smallest absolute Gasteiger partial charge is 0.392 e. The summed E-state index contributed by atoms with van der Waals surface area (Å²) in [6.45, 7) is 4.33. The molecule has 0 aliphatic rings. The van der Waals surface area contributed by atoms with Crippen LogP contribution in [-0.2, 0) is 0 Å². The maximum atomic E-state index is 12.1.